The summed E-state index contributed by atoms with van der Waals surface area (Å²) < 4.78 is 32.1. The van der Waals surface area contributed by atoms with Gasteiger partial charge in [-0.25, -0.2) is 4.79 Å². The molecule has 8 nitrogen and oxygen atoms in total. The summed E-state index contributed by atoms with van der Waals surface area (Å²) in [6.07, 6.45) is -0.807. The van der Waals surface area contributed by atoms with E-state index in [0.717, 1.165) is 0 Å². The lowest BCUT2D eigenvalue weighted by Gasteiger charge is -2.14. The van der Waals surface area contributed by atoms with Crippen molar-refractivity contribution in [1.29, 1.82) is 0 Å². The third-order valence-corrected chi connectivity index (χ3v) is 4.49. The van der Waals surface area contributed by atoms with E-state index in [4.69, 9.17) is 23.4 Å². The molecule has 0 aliphatic heterocycles. The van der Waals surface area contributed by atoms with E-state index in [1.165, 1.54) is 40.6 Å². The van der Waals surface area contributed by atoms with Crippen molar-refractivity contribution >= 4 is 16.9 Å². The molecular formula is C22H22O8. The van der Waals surface area contributed by atoms with Crippen molar-refractivity contribution in [3.8, 4) is 34.3 Å². The summed E-state index contributed by atoms with van der Waals surface area (Å²) in [6.45, 7) is 1.56. The second-order valence-corrected chi connectivity index (χ2v) is 6.33. The normalized spacial score (nSPS) is 11.6. The zero-order chi connectivity index (χ0) is 21.8. The van der Waals surface area contributed by atoms with Gasteiger partial charge in [0.1, 0.15) is 17.1 Å². The Balaban J connectivity index is 2.05. The molecule has 30 heavy (non-hydrogen) atoms. The first-order valence-corrected chi connectivity index (χ1v) is 9.04. The Kier molecular flexibility index (Phi) is 6.15. The number of carbonyl (C=O) groups is 1. The summed E-state index contributed by atoms with van der Waals surface area (Å²) in [6, 6.07) is 9.51. The van der Waals surface area contributed by atoms with Crippen LogP contribution in [0, 0.1) is 0 Å². The summed E-state index contributed by atoms with van der Waals surface area (Å²) in [5.41, 5.74) is 0.684. The molecule has 8 heteroatoms. The Hall–Kier alpha value is -3.68. The van der Waals surface area contributed by atoms with Crippen LogP contribution in [0.1, 0.15) is 6.92 Å². The standard InChI is InChI=1S/C22H22O8/c1-12(22(24)28-5)29-14-6-7-17-15(10-14)16(23)11-18(30-17)13-8-19(25-2)21(27-4)20(9-13)26-3/h6-12H,1-5H3/t12-/m1/s1. The fourth-order valence-electron chi connectivity index (χ4n) is 2.99. The van der Waals surface area contributed by atoms with Gasteiger partial charge < -0.3 is 28.1 Å². The van der Waals surface area contributed by atoms with Crippen molar-refractivity contribution in [2.75, 3.05) is 28.4 Å². The van der Waals surface area contributed by atoms with E-state index < -0.39 is 12.1 Å². The van der Waals surface area contributed by atoms with E-state index in [2.05, 4.69) is 4.74 Å². The van der Waals surface area contributed by atoms with Crippen LogP contribution in [-0.2, 0) is 9.53 Å². The van der Waals surface area contributed by atoms with Crippen molar-refractivity contribution in [2.24, 2.45) is 0 Å². The highest BCUT2D eigenvalue weighted by Crippen LogP contribution is 2.41. The zero-order valence-corrected chi connectivity index (χ0v) is 17.3. The number of ether oxygens (including phenoxy) is 5. The minimum absolute atomic E-state index is 0.267. The lowest BCUT2D eigenvalue weighted by atomic mass is 10.1. The molecule has 0 spiro atoms. The lowest BCUT2D eigenvalue weighted by molar-refractivity contribution is -0.147. The van der Waals surface area contributed by atoms with Gasteiger partial charge in [-0.2, -0.15) is 0 Å². The molecule has 0 aliphatic carbocycles. The quantitative estimate of drug-likeness (QED) is 0.543. The average Bonchev–Trinajstić information content (AvgIpc) is 2.77. The zero-order valence-electron chi connectivity index (χ0n) is 17.3. The molecule has 1 atom stereocenters. The molecule has 0 fully saturated rings. The predicted molar refractivity (Wildman–Crippen MR) is 110 cm³/mol. The smallest absolute Gasteiger partial charge is 0.346 e. The van der Waals surface area contributed by atoms with Gasteiger partial charge in [0.25, 0.3) is 0 Å². The SMILES string of the molecule is COC(=O)[C@@H](C)Oc1ccc2oc(-c3cc(OC)c(OC)c(OC)c3)cc(=O)c2c1. The maximum Gasteiger partial charge on any atom is 0.346 e. The van der Waals surface area contributed by atoms with Gasteiger partial charge in [-0.1, -0.05) is 0 Å². The molecule has 0 saturated heterocycles. The molecule has 0 radical (unpaired) electrons. The first-order valence-electron chi connectivity index (χ1n) is 9.04. The third kappa shape index (κ3) is 4.03. The van der Waals surface area contributed by atoms with E-state index >= 15 is 0 Å². The van der Waals surface area contributed by atoms with Gasteiger partial charge in [0.15, 0.2) is 23.0 Å². The Morgan fingerprint density at radius 1 is 0.933 bits per heavy atom. The average molecular weight is 414 g/mol. The van der Waals surface area contributed by atoms with Gasteiger partial charge in [-0.3, -0.25) is 4.79 Å². The number of methoxy groups -OCH3 is 4. The van der Waals surface area contributed by atoms with Crippen LogP contribution in [0.3, 0.4) is 0 Å². The summed E-state index contributed by atoms with van der Waals surface area (Å²) in [5.74, 6) is 1.50. The van der Waals surface area contributed by atoms with Crippen molar-refractivity contribution in [3.63, 3.8) is 0 Å². The monoisotopic (exact) mass is 414 g/mol. The van der Waals surface area contributed by atoms with Crippen LogP contribution in [-0.4, -0.2) is 40.5 Å². The van der Waals surface area contributed by atoms with Gasteiger partial charge in [0, 0.05) is 11.6 Å². The van der Waals surface area contributed by atoms with Crippen LogP contribution in [0.4, 0.5) is 0 Å². The van der Waals surface area contributed by atoms with Gasteiger partial charge in [-0.15, -0.1) is 0 Å². The largest absolute Gasteiger partial charge is 0.493 e. The van der Waals surface area contributed by atoms with Gasteiger partial charge >= 0.3 is 5.97 Å². The summed E-state index contributed by atoms with van der Waals surface area (Å²) in [5, 5.41) is 0.320. The third-order valence-electron chi connectivity index (χ3n) is 4.49. The van der Waals surface area contributed by atoms with Crippen molar-refractivity contribution < 1.29 is 32.9 Å². The number of fused-ring (bicyclic) bond motifs is 1. The van der Waals surface area contributed by atoms with Gasteiger partial charge in [-0.05, 0) is 37.3 Å². The Morgan fingerprint density at radius 3 is 2.17 bits per heavy atom. The van der Waals surface area contributed by atoms with Crippen LogP contribution >= 0.6 is 0 Å². The van der Waals surface area contributed by atoms with Crippen LogP contribution in [0.5, 0.6) is 23.0 Å². The van der Waals surface area contributed by atoms with Crippen LogP contribution in [0.2, 0.25) is 0 Å². The number of rotatable bonds is 7. The molecule has 1 aromatic heterocycles. The highest BCUT2D eigenvalue weighted by molar-refractivity contribution is 5.81. The second kappa shape index (κ2) is 8.77. The number of benzene rings is 2. The minimum Gasteiger partial charge on any atom is -0.493 e. The molecule has 0 unspecified atom stereocenters. The molecular weight excluding hydrogens is 392 g/mol. The predicted octanol–water partition coefficient (Wildman–Crippen LogP) is 3.43. The fourth-order valence-corrected chi connectivity index (χ4v) is 2.99. The van der Waals surface area contributed by atoms with E-state index in [0.29, 0.717) is 45.3 Å². The van der Waals surface area contributed by atoms with Crippen LogP contribution < -0.4 is 24.4 Å². The molecule has 0 bridgehead atoms. The molecule has 1 heterocycles. The summed E-state index contributed by atoms with van der Waals surface area (Å²) in [7, 11) is 5.81. The van der Waals surface area contributed by atoms with Gasteiger partial charge in [0.05, 0.1) is 33.8 Å². The number of hydrogen-bond acceptors (Lipinski definition) is 8. The van der Waals surface area contributed by atoms with E-state index in [1.54, 1.807) is 31.2 Å². The molecule has 0 amide bonds. The minimum atomic E-state index is -0.807. The van der Waals surface area contributed by atoms with Gasteiger partial charge in [0.2, 0.25) is 5.75 Å². The van der Waals surface area contributed by atoms with E-state index in [-0.39, 0.29) is 5.43 Å². The van der Waals surface area contributed by atoms with Crippen LogP contribution in [0.15, 0.2) is 45.6 Å². The van der Waals surface area contributed by atoms with E-state index in [1.807, 2.05) is 0 Å². The Labute approximate surface area is 172 Å². The van der Waals surface area contributed by atoms with E-state index in [9.17, 15) is 9.59 Å². The highest BCUT2D eigenvalue weighted by Gasteiger charge is 2.18. The Morgan fingerprint density at radius 2 is 1.60 bits per heavy atom. The maximum absolute atomic E-state index is 12.7. The number of carbonyl (C=O) groups excluding carboxylic acids is 1. The molecule has 3 rings (SSSR count). The maximum atomic E-state index is 12.7. The van der Waals surface area contributed by atoms with Crippen LogP contribution in [0.25, 0.3) is 22.3 Å². The van der Waals surface area contributed by atoms with Crippen molar-refractivity contribution in [3.05, 3.63) is 46.6 Å². The summed E-state index contributed by atoms with van der Waals surface area (Å²) >= 11 is 0. The topological polar surface area (TPSA) is 93.4 Å². The van der Waals surface area contributed by atoms with Crippen molar-refractivity contribution in [2.45, 2.75) is 13.0 Å². The molecule has 0 N–H and O–H groups in total. The first kappa shape index (κ1) is 21.0. The van der Waals surface area contributed by atoms with Crippen molar-refractivity contribution in [1.82, 2.24) is 0 Å². The number of esters is 1. The first-order chi connectivity index (χ1) is 14.4. The fraction of sp³-hybridized carbons (Fsp3) is 0.273. The molecule has 3 aromatic rings. The molecule has 0 saturated carbocycles. The highest BCUT2D eigenvalue weighted by atomic mass is 16.6. The molecule has 158 valence electrons. The second-order valence-electron chi connectivity index (χ2n) is 6.33. The number of hydrogen-bond donors (Lipinski definition) is 0. The Bertz CT molecular complexity index is 1110. The molecule has 0 aliphatic rings. The summed E-state index contributed by atoms with van der Waals surface area (Å²) in [4.78, 5) is 24.3. The molecule has 2 aromatic carbocycles. The lowest BCUT2D eigenvalue weighted by Crippen LogP contribution is -2.24.